The SMILES string of the molecule is COc1ccccc1CNC(=O)Cn1cc(OC)c(=O)cc1CN1CCc2ccccc2C1. The largest absolute Gasteiger partial charge is 0.496 e. The fourth-order valence-electron chi connectivity index (χ4n) is 4.20. The van der Waals surface area contributed by atoms with Crippen LogP contribution in [-0.4, -0.2) is 36.1 Å². The molecule has 2 heterocycles. The van der Waals surface area contributed by atoms with Crippen molar-refractivity contribution in [1.29, 1.82) is 0 Å². The highest BCUT2D eigenvalue weighted by Crippen LogP contribution is 2.21. The predicted octanol–water partition coefficient (Wildman–Crippen LogP) is 2.74. The van der Waals surface area contributed by atoms with Gasteiger partial charge in [0.05, 0.1) is 20.4 Å². The molecular weight excluding hydrogens is 418 g/mol. The van der Waals surface area contributed by atoms with Gasteiger partial charge in [-0.2, -0.15) is 0 Å². The molecule has 1 aliphatic rings. The molecule has 0 unspecified atom stereocenters. The lowest BCUT2D eigenvalue weighted by Gasteiger charge is -2.29. The van der Waals surface area contributed by atoms with Crippen LogP contribution in [0.1, 0.15) is 22.4 Å². The molecule has 33 heavy (non-hydrogen) atoms. The van der Waals surface area contributed by atoms with Gasteiger partial charge in [-0.05, 0) is 23.6 Å². The number of aromatic nitrogens is 1. The van der Waals surface area contributed by atoms with Crippen LogP contribution in [0.4, 0.5) is 0 Å². The molecule has 7 nitrogen and oxygen atoms in total. The van der Waals surface area contributed by atoms with Crippen molar-refractivity contribution < 1.29 is 14.3 Å². The van der Waals surface area contributed by atoms with E-state index in [0.717, 1.165) is 36.5 Å². The number of nitrogens with one attached hydrogen (secondary N) is 1. The highest BCUT2D eigenvalue weighted by atomic mass is 16.5. The van der Waals surface area contributed by atoms with E-state index in [2.05, 4.69) is 34.5 Å². The first-order valence-corrected chi connectivity index (χ1v) is 11.0. The molecule has 7 heteroatoms. The van der Waals surface area contributed by atoms with Gasteiger partial charge in [-0.3, -0.25) is 14.5 Å². The zero-order valence-corrected chi connectivity index (χ0v) is 19.0. The Bertz CT molecular complexity index is 1190. The first kappa shape index (κ1) is 22.6. The van der Waals surface area contributed by atoms with E-state index >= 15 is 0 Å². The average molecular weight is 448 g/mol. The van der Waals surface area contributed by atoms with E-state index in [9.17, 15) is 9.59 Å². The van der Waals surface area contributed by atoms with Crippen LogP contribution in [0.25, 0.3) is 0 Å². The van der Waals surface area contributed by atoms with Crippen LogP contribution in [-0.2, 0) is 37.4 Å². The third-order valence-corrected chi connectivity index (χ3v) is 5.98. The number of fused-ring (bicyclic) bond motifs is 1. The van der Waals surface area contributed by atoms with Gasteiger partial charge in [0.25, 0.3) is 0 Å². The number of amides is 1. The van der Waals surface area contributed by atoms with Crippen molar-refractivity contribution in [1.82, 2.24) is 14.8 Å². The van der Waals surface area contributed by atoms with E-state index in [1.54, 1.807) is 23.9 Å². The lowest BCUT2D eigenvalue weighted by Crippen LogP contribution is -2.33. The molecule has 1 aromatic heterocycles. The zero-order valence-electron chi connectivity index (χ0n) is 19.0. The van der Waals surface area contributed by atoms with Crippen LogP contribution < -0.4 is 20.2 Å². The summed E-state index contributed by atoms with van der Waals surface area (Å²) < 4.78 is 12.4. The summed E-state index contributed by atoms with van der Waals surface area (Å²) in [5, 5.41) is 2.95. The maximum Gasteiger partial charge on any atom is 0.240 e. The molecule has 1 amide bonds. The van der Waals surface area contributed by atoms with Crippen LogP contribution in [0.5, 0.6) is 11.5 Å². The van der Waals surface area contributed by atoms with Gasteiger partial charge >= 0.3 is 0 Å². The first-order chi connectivity index (χ1) is 16.1. The Hall–Kier alpha value is -3.58. The van der Waals surface area contributed by atoms with E-state index < -0.39 is 0 Å². The monoisotopic (exact) mass is 447 g/mol. The minimum Gasteiger partial charge on any atom is -0.496 e. The molecule has 0 saturated carbocycles. The van der Waals surface area contributed by atoms with E-state index in [4.69, 9.17) is 9.47 Å². The van der Waals surface area contributed by atoms with Crippen molar-refractivity contribution in [3.63, 3.8) is 0 Å². The molecule has 172 valence electrons. The fraction of sp³-hybridized carbons (Fsp3) is 0.308. The van der Waals surface area contributed by atoms with Crippen LogP contribution >= 0.6 is 0 Å². The van der Waals surface area contributed by atoms with Crippen molar-refractivity contribution in [2.75, 3.05) is 20.8 Å². The molecule has 4 rings (SSSR count). The Morgan fingerprint density at radius 3 is 2.52 bits per heavy atom. The summed E-state index contributed by atoms with van der Waals surface area (Å²) in [6.07, 6.45) is 2.59. The quantitative estimate of drug-likeness (QED) is 0.575. The van der Waals surface area contributed by atoms with Gasteiger partial charge in [-0.15, -0.1) is 0 Å². The third-order valence-electron chi connectivity index (χ3n) is 5.98. The number of carbonyl (C=O) groups excluding carboxylic acids is 1. The maximum atomic E-state index is 12.8. The Kier molecular flexibility index (Phi) is 7.10. The molecule has 0 radical (unpaired) electrons. The summed E-state index contributed by atoms with van der Waals surface area (Å²) in [6.45, 7) is 2.74. The summed E-state index contributed by atoms with van der Waals surface area (Å²) in [7, 11) is 3.07. The molecule has 0 bridgehead atoms. The summed E-state index contributed by atoms with van der Waals surface area (Å²) in [5.74, 6) is 0.797. The number of nitrogens with zero attached hydrogens (tertiary/aromatic N) is 2. The average Bonchev–Trinajstić information content (AvgIpc) is 2.84. The van der Waals surface area contributed by atoms with Gasteiger partial charge < -0.3 is 19.4 Å². The zero-order chi connectivity index (χ0) is 23.2. The molecule has 1 aliphatic heterocycles. The van der Waals surface area contributed by atoms with Crippen molar-refractivity contribution in [2.45, 2.75) is 32.6 Å². The summed E-state index contributed by atoms with van der Waals surface area (Å²) in [6, 6.07) is 17.6. The third kappa shape index (κ3) is 5.43. The molecule has 3 aromatic rings. The summed E-state index contributed by atoms with van der Waals surface area (Å²) >= 11 is 0. The summed E-state index contributed by atoms with van der Waals surface area (Å²) in [4.78, 5) is 27.5. The molecule has 0 saturated heterocycles. The molecular formula is C26H29N3O4. The number of benzene rings is 2. The molecule has 2 aromatic carbocycles. The molecule has 0 spiro atoms. The highest BCUT2D eigenvalue weighted by Gasteiger charge is 2.19. The number of hydrogen-bond donors (Lipinski definition) is 1. The van der Waals surface area contributed by atoms with Crippen LogP contribution in [0, 0.1) is 0 Å². The normalized spacial score (nSPS) is 13.3. The van der Waals surface area contributed by atoms with Crippen molar-refractivity contribution in [2.24, 2.45) is 0 Å². The Morgan fingerprint density at radius 1 is 1.00 bits per heavy atom. The lowest BCUT2D eigenvalue weighted by atomic mass is 10.00. The van der Waals surface area contributed by atoms with E-state index in [1.165, 1.54) is 18.2 Å². The maximum absolute atomic E-state index is 12.8. The summed E-state index contributed by atoms with van der Waals surface area (Å²) in [5.41, 5.74) is 4.18. The van der Waals surface area contributed by atoms with Gasteiger partial charge in [0.1, 0.15) is 12.3 Å². The van der Waals surface area contributed by atoms with Crippen molar-refractivity contribution >= 4 is 5.91 Å². The Labute approximate surface area is 193 Å². The topological polar surface area (TPSA) is 72.8 Å². The van der Waals surface area contributed by atoms with Crippen LogP contribution in [0.2, 0.25) is 0 Å². The number of hydrogen-bond acceptors (Lipinski definition) is 5. The molecule has 0 aliphatic carbocycles. The second kappa shape index (κ2) is 10.4. The smallest absolute Gasteiger partial charge is 0.240 e. The second-order valence-corrected chi connectivity index (χ2v) is 8.14. The second-order valence-electron chi connectivity index (χ2n) is 8.14. The van der Waals surface area contributed by atoms with E-state index in [0.29, 0.717) is 13.1 Å². The Balaban J connectivity index is 1.49. The first-order valence-electron chi connectivity index (χ1n) is 11.0. The standard InChI is InChI=1S/C26H29N3O4/c1-32-24-10-6-5-8-20(24)14-27-26(31)18-29-17-25(33-2)23(30)13-22(29)16-28-12-11-19-7-3-4-9-21(19)15-28/h3-10,13,17H,11-12,14-16,18H2,1-2H3,(H,27,31). The van der Waals surface area contributed by atoms with Gasteiger partial charge in [0.15, 0.2) is 5.75 Å². The fourth-order valence-corrected chi connectivity index (χ4v) is 4.20. The van der Waals surface area contributed by atoms with E-state index in [1.807, 2.05) is 24.3 Å². The number of para-hydroxylation sites is 1. The number of rotatable bonds is 8. The van der Waals surface area contributed by atoms with Crippen LogP contribution in [0.3, 0.4) is 0 Å². The van der Waals surface area contributed by atoms with Crippen LogP contribution in [0.15, 0.2) is 65.6 Å². The van der Waals surface area contributed by atoms with Crippen molar-refractivity contribution in [3.05, 3.63) is 93.4 Å². The van der Waals surface area contributed by atoms with Crippen molar-refractivity contribution in [3.8, 4) is 11.5 Å². The molecule has 0 atom stereocenters. The lowest BCUT2D eigenvalue weighted by molar-refractivity contribution is -0.121. The van der Waals surface area contributed by atoms with Gasteiger partial charge in [-0.1, -0.05) is 42.5 Å². The molecule has 0 fully saturated rings. The highest BCUT2D eigenvalue weighted by molar-refractivity contribution is 5.76. The number of carbonyl (C=O) groups is 1. The number of methoxy groups -OCH3 is 2. The minimum atomic E-state index is -0.185. The number of ether oxygens (including phenoxy) is 2. The predicted molar refractivity (Wildman–Crippen MR) is 126 cm³/mol. The molecule has 1 N–H and O–H groups in total. The van der Waals surface area contributed by atoms with Gasteiger partial charge in [0, 0.05) is 43.5 Å². The van der Waals surface area contributed by atoms with Gasteiger partial charge in [-0.25, -0.2) is 0 Å². The Morgan fingerprint density at radius 2 is 1.73 bits per heavy atom. The van der Waals surface area contributed by atoms with Gasteiger partial charge in [0.2, 0.25) is 11.3 Å². The number of pyridine rings is 1. The minimum absolute atomic E-state index is 0.0888. The van der Waals surface area contributed by atoms with E-state index in [-0.39, 0.29) is 23.6 Å².